The van der Waals surface area contributed by atoms with E-state index < -0.39 is 5.91 Å². The van der Waals surface area contributed by atoms with Gasteiger partial charge in [-0.3, -0.25) is 9.59 Å². The van der Waals surface area contributed by atoms with Crippen molar-refractivity contribution >= 4 is 51.3 Å². The van der Waals surface area contributed by atoms with E-state index in [0.29, 0.717) is 16.5 Å². The summed E-state index contributed by atoms with van der Waals surface area (Å²) in [6.07, 6.45) is 8.50. The smallest absolute Gasteiger partial charge is 0.251 e. The number of rotatable bonds is 8. The Balaban J connectivity index is 1.32. The third-order valence-electron chi connectivity index (χ3n) is 6.81. The van der Waals surface area contributed by atoms with Crippen LogP contribution in [-0.4, -0.2) is 32.3 Å². The monoisotopic (exact) mass is 529 g/mol. The van der Waals surface area contributed by atoms with Crippen LogP contribution in [0.1, 0.15) is 70.8 Å². The van der Waals surface area contributed by atoms with Gasteiger partial charge in [-0.15, -0.1) is 32.9 Å². The average molecular weight is 530 g/mol. The van der Waals surface area contributed by atoms with Crippen LogP contribution in [0.4, 0.5) is 5.00 Å². The molecule has 0 aliphatic heterocycles. The number of nitrogens with zero attached hydrogens (tertiary/aromatic N) is 3. The van der Waals surface area contributed by atoms with Gasteiger partial charge >= 0.3 is 0 Å². The molecule has 2 amide bonds. The molecule has 0 saturated carbocycles. The van der Waals surface area contributed by atoms with Crippen molar-refractivity contribution < 1.29 is 9.59 Å². The highest BCUT2D eigenvalue weighted by Crippen LogP contribution is 2.40. The van der Waals surface area contributed by atoms with Crippen LogP contribution in [0.2, 0.25) is 0 Å². The molecule has 0 radical (unpaired) electrons. The number of aromatic nitrogens is 3. The summed E-state index contributed by atoms with van der Waals surface area (Å²) in [5.41, 5.74) is 9.84. The predicted octanol–water partition coefficient (Wildman–Crippen LogP) is 5.31. The molecule has 3 heterocycles. The molecule has 2 aliphatic carbocycles. The molecular weight excluding hydrogens is 499 g/mol. The number of fused-ring (bicyclic) bond motifs is 2. The number of nitrogens with one attached hydrogen (secondary N) is 1. The molecule has 186 valence electrons. The van der Waals surface area contributed by atoms with Crippen LogP contribution < -0.4 is 11.1 Å². The Kier molecular flexibility index (Phi) is 7.31. The molecule has 35 heavy (non-hydrogen) atoms. The number of hydrogen-bond acceptors (Lipinski definition) is 7. The molecule has 0 saturated heterocycles. The molecule has 0 spiro atoms. The van der Waals surface area contributed by atoms with E-state index in [1.54, 1.807) is 0 Å². The second kappa shape index (κ2) is 10.4. The van der Waals surface area contributed by atoms with Gasteiger partial charge in [-0.05, 0) is 68.4 Å². The number of hydrogen-bond donors (Lipinski definition) is 2. The Morgan fingerprint density at radius 1 is 1.20 bits per heavy atom. The lowest BCUT2D eigenvalue weighted by Gasteiger charge is -2.18. The molecule has 7 nitrogen and oxygen atoms in total. The summed E-state index contributed by atoms with van der Waals surface area (Å²) in [5, 5.41) is 15.5. The van der Waals surface area contributed by atoms with Gasteiger partial charge in [0, 0.05) is 27.2 Å². The van der Waals surface area contributed by atoms with E-state index in [2.05, 4.69) is 39.3 Å². The molecule has 1 unspecified atom stereocenters. The van der Waals surface area contributed by atoms with Crippen molar-refractivity contribution in [1.82, 2.24) is 14.8 Å². The van der Waals surface area contributed by atoms with E-state index in [0.717, 1.165) is 61.6 Å². The summed E-state index contributed by atoms with van der Waals surface area (Å²) in [6, 6.07) is 0. The Morgan fingerprint density at radius 2 is 2.03 bits per heavy atom. The summed E-state index contributed by atoms with van der Waals surface area (Å²) in [7, 11) is 0. The Labute approximate surface area is 217 Å². The Morgan fingerprint density at radius 3 is 2.83 bits per heavy atom. The first-order valence-electron chi connectivity index (χ1n) is 12.4. The second-order valence-electron chi connectivity index (χ2n) is 9.47. The first-order valence-corrected chi connectivity index (χ1v) is 15.0. The average Bonchev–Trinajstić information content (AvgIpc) is 3.52. The van der Waals surface area contributed by atoms with Crippen molar-refractivity contribution in [3.63, 3.8) is 0 Å². The van der Waals surface area contributed by atoms with Crippen LogP contribution in [0.25, 0.3) is 11.4 Å². The summed E-state index contributed by atoms with van der Waals surface area (Å²) in [6.45, 7) is 5.16. The van der Waals surface area contributed by atoms with Gasteiger partial charge in [-0.25, -0.2) is 0 Å². The number of primary amides is 1. The summed E-state index contributed by atoms with van der Waals surface area (Å²) in [4.78, 5) is 27.7. The van der Waals surface area contributed by atoms with Crippen LogP contribution in [0.5, 0.6) is 0 Å². The van der Waals surface area contributed by atoms with Crippen LogP contribution >= 0.6 is 34.4 Å². The largest absolute Gasteiger partial charge is 0.365 e. The lowest BCUT2D eigenvalue weighted by Crippen LogP contribution is -2.20. The van der Waals surface area contributed by atoms with Gasteiger partial charge in [0.05, 0.1) is 11.3 Å². The molecule has 3 N–H and O–H groups in total. The van der Waals surface area contributed by atoms with Gasteiger partial charge < -0.3 is 15.6 Å². The van der Waals surface area contributed by atoms with Gasteiger partial charge in [0.15, 0.2) is 11.0 Å². The lowest BCUT2D eigenvalue weighted by atomic mass is 9.88. The van der Waals surface area contributed by atoms with Crippen LogP contribution in [0, 0.1) is 5.92 Å². The zero-order valence-corrected chi connectivity index (χ0v) is 22.6. The molecule has 2 aliphatic rings. The quantitative estimate of drug-likeness (QED) is 0.385. The molecule has 0 fully saturated rings. The molecule has 5 rings (SSSR count). The number of nitrogens with two attached hydrogens (primary N) is 1. The zero-order chi connectivity index (χ0) is 24.5. The maximum Gasteiger partial charge on any atom is 0.251 e. The molecule has 10 heteroatoms. The van der Waals surface area contributed by atoms with Crippen molar-refractivity contribution in [2.75, 3.05) is 11.1 Å². The van der Waals surface area contributed by atoms with Gasteiger partial charge in [-0.2, -0.15) is 0 Å². The van der Waals surface area contributed by atoms with E-state index in [9.17, 15) is 9.59 Å². The highest BCUT2D eigenvalue weighted by atomic mass is 32.2. The van der Waals surface area contributed by atoms with Crippen molar-refractivity contribution in [3.8, 4) is 11.4 Å². The maximum atomic E-state index is 12.9. The summed E-state index contributed by atoms with van der Waals surface area (Å²) >= 11 is 4.71. The number of thiophene rings is 2. The minimum absolute atomic E-state index is 0.162. The van der Waals surface area contributed by atoms with Crippen LogP contribution in [-0.2, 0) is 37.0 Å². The number of anilines is 1. The summed E-state index contributed by atoms with van der Waals surface area (Å²) in [5.74, 6) is 1.05. The van der Waals surface area contributed by atoms with E-state index >= 15 is 0 Å². The topological polar surface area (TPSA) is 103 Å². The SMILES string of the molecule is CCCn1c(SCC(=O)Nc2sc3c(c2C(N)=O)CCC(C)C3)nnc1-c1csc2c1CCCC2. The lowest BCUT2D eigenvalue weighted by molar-refractivity contribution is -0.113. The van der Waals surface area contributed by atoms with Crippen molar-refractivity contribution in [3.05, 3.63) is 31.8 Å². The number of aryl methyl sites for hydroxylation is 1. The van der Waals surface area contributed by atoms with E-state index in [1.807, 2.05) is 11.3 Å². The minimum Gasteiger partial charge on any atom is -0.365 e. The number of carbonyl (C=O) groups excluding carboxylic acids is 2. The second-order valence-corrected chi connectivity index (χ2v) is 12.5. The molecule has 0 bridgehead atoms. The predicted molar refractivity (Wildman–Crippen MR) is 144 cm³/mol. The number of amides is 2. The Bertz CT molecular complexity index is 1260. The highest BCUT2D eigenvalue weighted by molar-refractivity contribution is 7.99. The van der Waals surface area contributed by atoms with E-state index in [-0.39, 0.29) is 11.7 Å². The third-order valence-corrected chi connectivity index (χ3v) is 10.0. The zero-order valence-electron chi connectivity index (χ0n) is 20.2. The Hall–Kier alpha value is -2.17. The fourth-order valence-corrected chi connectivity index (χ4v) is 8.41. The molecule has 3 aromatic rings. The van der Waals surface area contributed by atoms with Crippen molar-refractivity contribution in [1.29, 1.82) is 0 Å². The standard InChI is InChI=1S/C25H31N5O2S3/c1-3-10-30-23(17-12-33-18-7-5-4-6-15(17)18)28-29-25(30)34-13-20(31)27-24-21(22(26)32)16-9-8-14(2)11-19(16)35-24/h12,14H,3-11,13H2,1-2H3,(H2,26,32)(H,27,31). The van der Waals surface area contributed by atoms with E-state index in [1.165, 1.54) is 56.8 Å². The normalized spacial score (nSPS) is 17.1. The fraction of sp³-hybridized carbons (Fsp3) is 0.520. The first-order chi connectivity index (χ1) is 17.0. The van der Waals surface area contributed by atoms with Crippen LogP contribution in [0.15, 0.2) is 10.5 Å². The van der Waals surface area contributed by atoms with Crippen molar-refractivity contribution in [2.24, 2.45) is 11.7 Å². The highest BCUT2D eigenvalue weighted by Gasteiger charge is 2.28. The fourth-order valence-electron chi connectivity index (χ4n) is 5.09. The van der Waals surface area contributed by atoms with Gasteiger partial charge in [0.1, 0.15) is 5.00 Å². The minimum atomic E-state index is -0.466. The molecule has 0 aromatic carbocycles. The summed E-state index contributed by atoms with van der Waals surface area (Å²) < 4.78 is 2.15. The molecule has 3 aromatic heterocycles. The van der Waals surface area contributed by atoms with E-state index in [4.69, 9.17) is 5.73 Å². The number of carbonyl (C=O) groups is 2. The van der Waals surface area contributed by atoms with Gasteiger partial charge in [0.2, 0.25) is 5.91 Å². The molecule has 1 atom stereocenters. The maximum absolute atomic E-state index is 12.9. The van der Waals surface area contributed by atoms with Crippen LogP contribution in [0.3, 0.4) is 0 Å². The van der Waals surface area contributed by atoms with Gasteiger partial charge in [0.25, 0.3) is 5.91 Å². The first kappa shape index (κ1) is 24.5. The number of thioether (sulfide) groups is 1. The molecular formula is C25H31N5O2S3. The van der Waals surface area contributed by atoms with Crippen molar-refractivity contribution in [2.45, 2.75) is 76.9 Å². The third kappa shape index (κ3) is 4.93. The van der Waals surface area contributed by atoms with Gasteiger partial charge in [-0.1, -0.05) is 25.6 Å².